The topological polar surface area (TPSA) is 84.4 Å². The molecule has 152 valence electrons. The number of carbonyl (C=O) groups excluding carboxylic acids is 1. The number of ketones is 1. The largest absolute Gasteiger partial charge is 0.497 e. The number of methoxy groups -OCH3 is 2. The summed E-state index contributed by atoms with van der Waals surface area (Å²) in [7, 11) is 3.18. The van der Waals surface area contributed by atoms with Crippen LogP contribution in [0.4, 0.5) is 0 Å². The average Bonchev–Trinajstić information content (AvgIpc) is 3.23. The second-order valence-electron chi connectivity index (χ2n) is 7.09. The first-order valence-electron chi connectivity index (χ1n) is 9.51. The minimum atomic E-state index is -0.677. The molecule has 1 heterocycles. The van der Waals surface area contributed by atoms with Crippen molar-refractivity contribution >= 4 is 5.78 Å². The Morgan fingerprint density at radius 1 is 1.14 bits per heavy atom. The van der Waals surface area contributed by atoms with E-state index in [0.29, 0.717) is 23.4 Å². The Bertz CT molecular complexity index is 994. The molecule has 2 aromatic carbocycles. The second kappa shape index (κ2) is 8.92. The van der Waals surface area contributed by atoms with E-state index >= 15 is 0 Å². The van der Waals surface area contributed by atoms with Crippen molar-refractivity contribution in [2.45, 2.75) is 32.3 Å². The molecular formula is C23H26N2O4. The predicted molar refractivity (Wildman–Crippen MR) is 112 cm³/mol. The Hall–Kier alpha value is -3.12. The number of H-pyrrole nitrogens is 1. The maximum atomic E-state index is 13.0. The highest BCUT2D eigenvalue weighted by atomic mass is 16.5. The highest BCUT2D eigenvalue weighted by Gasteiger charge is 2.19. The van der Waals surface area contributed by atoms with E-state index in [0.717, 1.165) is 22.4 Å². The second-order valence-corrected chi connectivity index (χ2v) is 7.09. The highest BCUT2D eigenvalue weighted by molar-refractivity contribution is 5.99. The molecule has 0 saturated carbocycles. The maximum absolute atomic E-state index is 13.0. The van der Waals surface area contributed by atoms with Crippen molar-refractivity contribution in [3.05, 3.63) is 65.5 Å². The number of aliphatic hydroxyl groups is 1. The molecular weight excluding hydrogens is 368 g/mol. The summed E-state index contributed by atoms with van der Waals surface area (Å²) < 4.78 is 10.8. The SMILES string of the molecule is COc1cccc([C@@H](C)CC(=O)c2ccc(-c3cn[nH]c3C(C)O)cc2OC)c1. The number of Topliss-reactive ketones (excluding diaryl/α,β-unsaturated/α-hetero) is 1. The Morgan fingerprint density at radius 3 is 2.62 bits per heavy atom. The van der Waals surface area contributed by atoms with E-state index in [-0.39, 0.29) is 11.7 Å². The molecule has 0 aliphatic heterocycles. The van der Waals surface area contributed by atoms with Gasteiger partial charge in [0.2, 0.25) is 0 Å². The number of carbonyl (C=O) groups is 1. The van der Waals surface area contributed by atoms with Crippen LogP contribution in [0.2, 0.25) is 0 Å². The summed E-state index contributed by atoms with van der Waals surface area (Å²) in [5.74, 6) is 1.32. The van der Waals surface area contributed by atoms with Gasteiger partial charge in [-0.1, -0.05) is 25.1 Å². The van der Waals surface area contributed by atoms with Gasteiger partial charge < -0.3 is 14.6 Å². The van der Waals surface area contributed by atoms with Gasteiger partial charge in [0.1, 0.15) is 11.5 Å². The van der Waals surface area contributed by atoms with Gasteiger partial charge in [-0.15, -0.1) is 0 Å². The molecule has 2 atom stereocenters. The van der Waals surface area contributed by atoms with Crippen LogP contribution in [0.3, 0.4) is 0 Å². The number of nitrogens with one attached hydrogen (secondary N) is 1. The van der Waals surface area contributed by atoms with Gasteiger partial charge in [0.25, 0.3) is 0 Å². The van der Waals surface area contributed by atoms with Gasteiger partial charge >= 0.3 is 0 Å². The van der Waals surface area contributed by atoms with E-state index in [4.69, 9.17) is 9.47 Å². The molecule has 1 unspecified atom stereocenters. The van der Waals surface area contributed by atoms with Crippen LogP contribution in [0.5, 0.6) is 11.5 Å². The van der Waals surface area contributed by atoms with Crippen molar-refractivity contribution in [2.75, 3.05) is 14.2 Å². The van der Waals surface area contributed by atoms with Crippen molar-refractivity contribution in [1.29, 1.82) is 0 Å². The van der Waals surface area contributed by atoms with Gasteiger partial charge in [0.05, 0.1) is 37.8 Å². The van der Waals surface area contributed by atoms with Crippen LogP contribution in [-0.2, 0) is 0 Å². The molecule has 0 bridgehead atoms. The van der Waals surface area contributed by atoms with Gasteiger partial charge in [0, 0.05) is 12.0 Å². The van der Waals surface area contributed by atoms with Crippen molar-refractivity contribution < 1.29 is 19.4 Å². The van der Waals surface area contributed by atoms with E-state index in [2.05, 4.69) is 10.2 Å². The summed E-state index contributed by atoms with van der Waals surface area (Å²) in [6.07, 6.45) is 1.33. The predicted octanol–water partition coefficient (Wildman–Crippen LogP) is 4.52. The fourth-order valence-corrected chi connectivity index (χ4v) is 3.39. The molecule has 0 fully saturated rings. The molecule has 3 rings (SSSR count). The molecule has 6 heteroatoms. The number of rotatable bonds is 8. The van der Waals surface area contributed by atoms with E-state index in [1.807, 2.05) is 37.3 Å². The Kier molecular flexibility index (Phi) is 6.34. The molecule has 0 amide bonds. The molecule has 3 aromatic rings. The number of hydrogen-bond acceptors (Lipinski definition) is 5. The number of aromatic amines is 1. The summed E-state index contributed by atoms with van der Waals surface area (Å²) in [5.41, 5.74) is 3.81. The van der Waals surface area contributed by atoms with Crippen LogP contribution in [0.25, 0.3) is 11.1 Å². The molecule has 0 spiro atoms. The Labute approximate surface area is 170 Å². The lowest BCUT2D eigenvalue weighted by Gasteiger charge is -2.15. The molecule has 29 heavy (non-hydrogen) atoms. The molecule has 0 radical (unpaired) electrons. The third kappa shape index (κ3) is 4.49. The summed E-state index contributed by atoms with van der Waals surface area (Å²) in [6.45, 7) is 3.69. The first kappa shape index (κ1) is 20.6. The number of aromatic nitrogens is 2. The summed E-state index contributed by atoms with van der Waals surface area (Å²) >= 11 is 0. The van der Waals surface area contributed by atoms with Crippen molar-refractivity contribution in [1.82, 2.24) is 10.2 Å². The van der Waals surface area contributed by atoms with Crippen LogP contribution in [0.1, 0.15) is 53.9 Å². The van der Waals surface area contributed by atoms with Crippen LogP contribution < -0.4 is 9.47 Å². The van der Waals surface area contributed by atoms with Gasteiger partial charge in [0.15, 0.2) is 5.78 Å². The van der Waals surface area contributed by atoms with Gasteiger partial charge in [-0.2, -0.15) is 5.10 Å². The summed E-state index contributed by atoms with van der Waals surface area (Å²) in [6, 6.07) is 13.2. The average molecular weight is 394 g/mol. The van der Waals surface area contributed by atoms with E-state index in [9.17, 15) is 9.90 Å². The molecule has 1 aromatic heterocycles. The highest BCUT2D eigenvalue weighted by Crippen LogP contribution is 2.33. The molecule has 2 N–H and O–H groups in total. The Balaban J connectivity index is 1.84. The summed E-state index contributed by atoms with van der Waals surface area (Å²) in [4.78, 5) is 13.0. The van der Waals surface area contributed by atoms with Crippen LogP contribution in [0, 0.1) is 0 Å². The molecule has 0 saturated heterocycles. The molecule has 0 aliphatic carbocycles. The zero-order valence-corrected chi connectivity index (χ0v) is 17.1. The van der Waals surface area contributed by atoms with E-state index in [1.165, 1.54) is 0 Å². The standard InChI is InChI=1S/C23H26N2O4/c1-14(16-6-5-7-18(11-16)28-3)10-21(27)19-9-8-17(12-22(19)29-4)20-13-24-25-23(20)15(2)26/h5-9,11-15,26H,10H2,1-4H3,(H,24,25)/t14-,15?/m0/s1. The van der Waals surface area contributed by atoms with Crippen LogP contribution in [-0.4, -0.2) is 35.3 Å². The van der Waals surface area contributed by atoms with Gasteiger partial charge in [-0.25, -0.2) is 0 Å². The summed E-state index contributed by atoms with van der Waals surface area (Å²) in [5, 5.41) is 16.7. The first-order valence-corrected chi connectivity index (χ1v) is 9.51. The number of benzene rings is 2. The quantitative estimate of drug-likeness (QED) is 0.549. The van der Waals surface area contributed by atoms with E-state index < -0.39 is 6.10 Å². The number of ether oxygens (including phenoxy) is 2. The lowest BCUT2D eigenvalue weighted by atomic mass is 9.92. The fraction of sp³-hybridized carbons (Fsp3) is 0.304. The van der Waals surface area contributed by atoms with Crippen LogP contribution >= 0.6 is 0 Å². The molecule has 0 aliphatic rings. The van der Waals surface area contributed by atoms with Crippen molar-refractivity contribution in [3.8, 4) is 22.6 Å². The smallest absolute Gasteiger partial charge is 0.167 e. The lowest BCUT2D eigenvalue weighted by Crippen LogP contribution is -2.07. The third-order valence-corrected chi connectivity index (χ3v) is 5.05. The zero-order valence-electron chi connectivity index (χ0n) is 17.1. The maximum Gasteiger partial charge on any atom is 0.167 e. The minimum Gasteiger partial charge on any atom is -0.497 e. The third-order valence-electron chi connectivity index (χ3n) is 5.05. The number of hydrogen-bond donors (Lipinski definition) is 2. The fourth-order valence-electron chi connectivity index (χ4n) is 3.39. The first-order chi connectivity index (χ1) is 13.9. The number of aliphatic hydroxyl groups excluding tert-OH is 1. The van der Waals surface area contributed by atoms with E-state index in [1.54, 1.807) is 39.5 Å². The lowest BCUT2D eigenvalue weighted by molar-refractivity contribution is 0.0972. The number of nitrogens with zero attached hydrogens (tertiary/aromatic N) is 1. The Morgan fingerprint density at radius 2 is 1.93 bits per heavy atom. The van der Waals surface area contributed by atoms with Crippen molar-refractivity contribution in [2.24, 2.45) is 0 Å². The van der Waals surface area contributed by atoms with Crippen LogP contribution in [0.15, 0.2) is 48.7 Å². The minimum absolute atomic E-state index is 0.00617. The zero-order chi connectivity index (χ0) is 21.0. The normalized spacial score (nSPS) is 13.0. The molecule has 6 nitrogen and oxygen atoms in total. The van der Waals surface area contributed by atoms with Gasteiger partial charge in [-0.3, -0.25) is 9.89 Å². The van der Waals surface area contributed by atoms with Crippen molar-refractivity contribution in [3.63, 3.8) is 0 Å². The monoisotopic (exact) mass is 394 g/mol. The van der Waals surface area contributed by atoms with Gasteiger partial charge in [-0.05, 0) is 48.2 Å².